The van der Waals surface area contributed by atoms with E-state index in [1.807, 2.05) is 19.1 Å². The third-order valence-corrected chi connectivity index (χ3v) is 6.05. The highest BCUT2D eigenvalue weighted by atomic mass is 32.2. The topological polar surface area (TPSA) is 66.5 Å². The highest BCUT2D eigenvalue weighted by molar-refractivity contribution is 7.89. The molecule has 5 nitrogen and oxygen atoms in total. The molecule has 0 radical (unpaired) electrons. The van der Waals surface area contributed by atoms with E-state index in [9.17, 15) is 13.2 Å². The summed E-state index contributed by atoms with van der Waals surface area (Å²) in [5.41, 5.74) is 1.10. The molecule has 120 valence electrons. The predicted octanol–water partition coefficient (Wildman–Crippen LogP) is 1.68. The number of carbonyl (C=O) groups excluding carboxylic acids is 1. The molecule has 2 aliphatic carbocycles. The van der Waals surface area contributed by atoms with Gasteiger partial charge in [0.15, 0.2) is 0 Å². The van der Waals surface area contributed by atoms with Crippen molar-refractivity contribution in [3.63, 3.8) is 0 Å². The molecule has 0 unspecified atom stereocenters. The summed E-state index contributed by atoms with van der Waals surface area (Å²) in [6.45, 7) is 1.96. The summed E-state index contributed by atoms with van der Waals surface area (Å²) in [6.07, 6.45) is 4.54. The Morgan fingerprint density at radius 2 is 1.82 bits per heavy atom. The minimum absolute atomic E-state index is 0.0270. The maximum atomic E-state index is 12.8. The van der Waals surface area contributed by atoms with Crippen LogP contribution in [0.1, 0.15) is 38.2 Å². The van der Waals surface area contributed by atoms with Gasteiger partial charge in [0, 0.05) is 12.1 Å². The molecule has 3 rings (SSSR count). The zero-order chi connectivity index (χ0) is 15.7. The fraction of sp³-hybridized carbons (Fsp3) is 0.562. The van der Waals surface area contributed by atoms with Crippen molar-refractivity contribution >= 4 is 15.9 Å². The number of benzene rings is 1. The molecule has 1 aromatic rings. The lowest BCUT2D eigenvalue weighted by Gasteiger charge is -2.21. The summed E-state index contributed by atoms with van der Waals surface area (Å²) in [5.74, 6) is -0.192. The van der Waals surface area contributed by atoms with Crippen LogP contribution in [0.4, 0.5) is 0 Å². The predicted molar refractivity (Wildman–Crippen MR) is 83.9 cm³/mol. The van der Waals surface area contributed by atoms with Gasteiger partial charge in [-0.15, -0.1) is 0 Å². The minimum Gasteiger partial charge on any atom is -0.352 e. The van der Waals surface area contributed by atoms with Crippen molar-refractivity contribution in [2.75, 3.05) is 6.54 Å². The average Bonchev–Trinajstić information content (AvgIpc) is 3.38. The second-order valence-corrected chi connectivity index (χ2v) is 8.01. The van der Waals surface area contributed by atoms with Crippen LogP contribution >= 0.6 is 0 Å². The monoisotopic (exact) mass is 322 g/mol. The first-order chi connectivity index (χ1) is 10.5. The smallest absolute Gasteiger partial charge is 0.243 e. The molecule has 0 atom stereocenters. The van der Waals surface area contributed by atoms with Crippen LogP contribution in [0.25, 0.3) is 0 Å². The first-order valence-electron chi connectivity index (χ1n) is 7.91. The number of hydrogen-bond donors (Lipinski definition) is 1. The quantitative estimate of drug-likeness (QED) is 0.830. The fourth-order valence-electron chi connectivity index (χ4n) is 2.45. The normalized spacial score (nSPS) is 18.5. The second-order valence-electron chi connectivity index (χ2n) is 6.12. The molecule has 0 spiro atoms. The van der Waals surface area contributed by atoms with Gasteiger partial charge in [-0.3, -0.25) is 4.79 Å². The molecule has 0 bridgehead atoms. The Morgan fingerprint density at radius 3 is 2.32 bits per heavy atom. The molecule has 0 heterocycles. The summed E-state index contributed by atoms with van der Waals surface area (Å²) >= 11 is 0. The van der Waals surface area contributed by atoms with E-state index in [1.54, 1.807) is 12.1 Å². The molecule has 6 heteroatoms. The number of nitrogens with one attached hydrogen (secondary N) is 1. The highest BCUT2D eigenvalue weighted by Crippen LogP contribution is 2.32. The molecule has 0 saturated heterocycles. The lowest BCUT2D eigenvalue weighted by molar-refractivity contribution is -0.121. The van der Waals surface area contributed by atoms with Crippen molar-refractivity contribution in [2.45, 2.75) is 56.0 Å². The molecule has 1 amide bonds. The SMILES string of the molecule is CCc1ccc(S(=O)(=O)N(CC(=O)NC2CC2)C2CC2)cc1. The first kappa shape index (κ1) is 15.5. The summed E-state index contributed by atoms with van der Waals surface area (Å²) in [5, 5.41) is 2.86. The van der Waals surface area contributed by atoms with Crippen LogP contribution in [0, 0.1) is 0 Å². The van der Waals surface area contributed by atoms with Gasteiger partial charge in [0.1, 0.15) is 0 Å². The van der Waals surface area contributed by atoms with E-state index in [4.69, 9.17) is 0 Å². The Morgan fingerprint density at radius 1 is 1.18 bits per heavy atom. The molecule has 1 N–H and O–H groups in total. The number of carbonyl (C=O) groups is 1. The van der Waals surface area contributed by atoms with E-state index in [0.717, 1.165) is 37.7 Å². The largest absolute Gasteiger partial charge is 0.352 e. The number of aryl methyl sites for hydroxylation is 1. The van der Waals surface area contributed by atoms with E-state index < -0.39 is 10.0 Å². The zero-order valence-electron chi connectivity index (χ0n) is 12.8. The first-order valence-corrected chi connectivity index (χ1v) is 9.35. The van der Waals surface area contributed by atoms with Crippen LogP contribution in [-0.2, 0) is 21.2 Å². The van der Waals surface area contributed by atoms with E-state index in [-0.39, 0.29) is 29.4 Å². The summed E-state index contributed by atoms with van der Waals surface area (Å²) < 4.78 is 27.0. The Hall–Kier alpha value is -1.40. The molecule has 2 fully saturated rings. The van der Waals surface area contributed by atoms with Crippen LogP contribution < -0.4 is 5.32 Å². The number of nitrogens with zero attached hydrogens (tertiary/aromatic N) is 1. The molecule has 22 heavy (non-hydrogen) atoms. The van der Waals surface area contributed by atoms with Crippen LogP contribution in [0.5, 0.6) is 0 Å². The second kappa shape index (κ2) is 6.01. The molecular formula is C16H22N2O3S. The standard InChI is InChI=1S/C16H22N2O3S/c1-2-12-3-9-15(10-4-12)22(20,21)18(14-7-8-14)11-16(19)17-13-5-6-13/h3-4,9-10,13-14H,2,5-8,11H2,1H3,(H,17,19). The van der Waals surface area contributed by atoms with Crippen molar-refractivity contribution in [1.29, 1.82) is 0 Å². The maximum absolute atomic E-state index is 12.8. The summed E-state index contributed by atoms with van der Waals surface area (Å²) in [4.78, 5) is 12.3. The van der Waals surface area contributed by atoms with Crippen molar-refractivity contribution in [2.24, 2.45) is 0 Å². The molecule has 2 aliphatic rings. The average molecular weight is 322 g/mol. The van der Waals surface area contributed by atoms with Crippen molar-refractivity contribution in [3.05, 3.63) is 29.8 Å². The molecule has 0 aliphatic heterocycles. The number of rotatable bonds is 7. The number of hydrogen-bond acceptors (Lipinski definition) is 3. The van der Waals surface area contributed by atoms with Crippen molar-refractivity contribution < 1.29 is 13.2 Å². The highest BCUT2D eigenvalue weighted by Gasteiger charge is 2.39. The van der Waals surface area contributed by atoms with E-state index in [2.05, 4.69) is 5.32 Å². The van der Waals surface area contributed by atoms with Gasteiger partial charge in [-0.05, 0) is 49.8 Å². The van der Waals surface area contributed by atoms with Crippen LogP contribution in [-0.4, -0.2) is 37.3 Å². The van der Waals surface area contributed by atoms with Crippen LogP contribution in [0.15, 0.2) is 29.2 Å². The zero-order valence-corrected chi connectivity index (χ0v) is 13.6. The summed E-state index contributed by atoms with van der Waals surface area (Å²) in [7, 11) is -3.60. The van der Waals surface area contributed by atoms with Gasteiger partial charge in [0.05, 0.1) is 11.4 Å². The third kappa shape index (κ3) is 3.50. The molecule has 0 aromatic heterocycles. The van der Waals surface area contributed by atoms with Gasteiger partial charge in [-0.25, -0.2) is 8.42 Å². The third-order valence-electron chi connectivity index (χ3n) is 4.13. The van der Waals surface area contributed by atoms with Gasteiger partial charge < -0.3 is 5.32 Å². The van der Waals surface area contributed by atoms with Gasteiger partial charge >= 0.3 is 0 Å². The molecule has 1 aromatic carbocycles. The molecule has 2 saturated carbocycles. The van der Waals surface area contributed by atoms with E-state index in [1.165, 1.54) is 4.31 Å². The Balaban J connectivity index is 1.77. The van der Waals surface area contributed by atoms with Gasteiger partial charge in [0.2, 0.25) is 15.9 Å². The number of amides is 1. The van der Waals surface area contributed by atoms with Crippen LogP contribution in [0.2, 0.25) is 0 Å². The lowest BCUT2D eigenvalue weighted by Crippen LogP contribution is -2.42. The van der Waals surface area contributed by atoms with Crippen molar-refractivity contribution in [1.82, 2.24) is 9.62 Å². The maximum Gasteiger partial charge on any atom is 0.243 e. The van der Waals surface area contributed by atoms with E-state index >= 15 is 0 Å². The fourth-order valence-corrected chi connectivity index (χ4v) is 4.09. The Labute approximate surface area is 131 Å². The Kier molecular flexibility index (Phi) is 4.23. The van der Waals surface area contributed by atoms with Gasteiger partial charge in [-0.1, -0.05) is 19.1 Å². The number of sulfonamides is 1. The Bertz CT molecular complexity index is 646. The van der Waals surface area contributed by atoms with E-state index in [0.29, 0.717) is 0 Å². The van der Waals surface area contributed by atoms with Gasteiger partial charge in [-0.2, -0.15) is 4.31 Å². The van der Waals surface area contributed by atoms with Crippen LogP contribution in [0.3, 0.4) is 0 Å². The van der Waals surface area contributed by atoms with Crippen molar-refractivity contribution in [3.8, 4) is 0 Å². The lowest BCUT2D eigenvalue weighted by atomic mass is 10.2. The molecular weight excluding hydrogens is 300 g/mol. The summed E-state index contributed by atoms with van der Waals surface area (Å²) in [6, 6.07) is 7.18. The van der Waals surface area contributed by atoms with Gasteiger partial charge in [0.25, 0.3) is 0 Å². The minimum atomic E-state index is -3.60.